The normalized spacial score (nSPS) is 27.1. The maximum absolute atomic E-state index is 11.3. The van der Waals surface area contributed by atoms with E-state index < -0.39 is 17.3 Å². The first kappa shape index (κ1) is 12.3. The zero-order chi connectivity index (χ0) is 11.4. The number of rotatable bonds is 2. The minimum Gasteiger partial charge on any atom is -0.335 e. The van der Waals surface area contributed by atoms with Gasteiger partial charge in [0.25, 0.3) is 0 Å². The topological polar surface area (TPSA) is 58.2 Å². The summed E-state index contributed by atoms with van der Waals surface area (Å²) in [6, 6.07) is -0.245. The number of urea groups is 1. The summed E-state index contributed by atoms with van der Waals surface area (Å²) in [5, 5.41) is 4.28. The van der Waals surface area contributed by atoms with E-state index in [0.29, 0.717) is 5.92 Å². The van der Waals surface area contributed by atoms with Crippen LogP contribution in [0.3, 0.4) is 0 Å². The molecule has 5 heteroatoms. The van der Waals surface area contributed by atoms with Crippen molar-refractivity contribution in [3.05, 3.63) is 0 Å². The number of amides is 3. The number of hydrogen-bond acceptors (Lipinski definition) is 2. The van der Waals surface area contributed by atoms with Gasteiger partial charge in [-0.2, -0.15) is 0 Å². The van der Waals surface area contributed by atoms with Gasteiger partial charge in [-0.1, -0.05) is 6.92 Å². The molecule has 1 saturated carbocycles. The third-order valence-corrected chi connectivity index (χ3v) is 2.83. The first-order valence-corrected chi connectivity index (χ1v) is 5.68. The second-order valence-electron chi connectivity index (χ2n) is 4.19. The molecule has 0 aromatic rings. The Morgan fingerprint density at radius 2 is 2.07 bits per heavy atom. The van der Waals surface area contributed by atoms with Gasteiger partial charge in [-0.25, -0.2) is 4.79 Å². The summed E-state index contributed by atoms with van der Waals surface area (Å²) in [7, 11) is 0. The van der Waals surface area contributed by atoms with Crippen LogP contribution in [0.5, 0.6) is 0 Å². The van der Waals surface area contributed by atoms with Crippen LogP contribution in [0.25, 0.3) is 0 Å². The van der Waals surface area contributed by atoms with Crippen LogP contribution in [0.4, 0.5) is 4.79 Å². The molecule has 0 bridgehead atoms. The fourth-order valence-electron chi connectivity index (χ4n) is 1.77. The molecule has 0 saturated heterocycles. The maximum atomic E-state index is 11.3. The summed E-state index contributed by atoms with van der Waals surface area (Å²) in [6.07, 6.45) is 3.10. The molecule has 3 amide bonds. The van der Waals surface area contributed by atoms with Crippen molar-refractivity contribution in [1.82, 2.24) is 10.6 Å². The molecule has 0 aliphatic heterocycles. The third-order valence-electron chi connectivity index (χ3n) is 2.63. The molecule has 0 aromatic carbocycles. The second-order valence-corrected chi connectivity index (χ2v) is 4.85. The van der Waals surface area contributed by atoms with Crippen molar-refractivity contribution in [3.8, 4) is 0 Å². The summed E-state index contributed by atoms with van der Waals surface area (Å²) in [6.45, 7) is 3.69. The Morgan fingerprint density at radius 1 is 1.40 bits per heavy atom. The highest BCUT2D eigenvalue weighted by atomic mass is 35.5. The number of alkyl halides is 1. The van der Waals surface area contributed by atoms with Crippen molar-refractivity contribution >= 4 is 23.5 Å². The van der Waals surface area contributed by atoms with Crippen molar-refractivity contribution in [2.45, 2.75) is 44.5 Å². The molecule has 4 nitrogen and oxygen atoms in total. The SMILES string of the molecule is CC1CCC(NC(=O)NC(=O)C(C)Cl)C1. The standard InChI is InChI=1S/C10H17ClN2O2/c1-6-3-4-8(5-6)12-10(15)13-9(14)7(2)11/h6-8H,3-5H2,1-2H3,(H2,12,13,14,15). The van der Waals surface area contributed by atoms with Gasteiger partial charge >= 0.3 is 6.03 Å². The minimum absolute atomic E-state index is 0.193. The van der Waals surface area contributed by atoms with Gasteiger partial charge < -0.3 is 5.32 Å². The van der Waals surface area contributed by atoms with E-state index in [4.69, 9.17) is 11.6 Å². The van der Waals surface area contributed by atoms with Gasteiger partial charge in [-0.05, 0) is 32.1 Å². The molecule has 3 atom stereocenters. The van der Waals surface area contributed by atoms with Gasteiger partial charge in [0, 0.05) is 6.04 Å². The van der Waals surface area contributed by atoms with Crippen molar-refractivity contribution in [3.63, 3.8) is 0 Å². The predicted molar refractivity (Wildman–Crippen MR) is 58.8 cm³/mol. The number of carbonyl (C=O) groups is 2. The molecule has 1 fully saturated rings. The lowest BCUT2D eigenvalue weighted by atomic mass is 10.1. The third kappa shape index (κ3) is 4.08. The Hall–Kier alpha value is -0.770. The van der Waals surface area contributed by atoms with Crippen LogP contribution < -0.4 is 10.6 Å². The highest BCUT2D eigenvalue weighted by molar-refractivity contribution is 6.31. The van der Waals surface area contributed by atoms with E-state index in [-0.39, 0.29) is 6.04 Å². The van der Waals surface area contributed by atoms with E-state index >= 15 is 0 Å². The van der Waals surface area contributed by atoms with E-state index in [1.54, 1.807) is 0 Å². The molecule has 0 radical (unpaired) electrons. The molecule has 1 aliphatic rings. The Morgan fingerprint density at radius 3 is 2.53 bits per heavy atom. The Kier molecular flexibility index (Phi) is 4.39. The quantitative estimate of drug-likeness (QED) is 0.711. The highest BCUT2D eigenvalue weighted by Gasteiger charge is 2.23. The molecular formula is C10H17ClN2O2. The van der Waals surface area contributed by atoms with Crippen LogP contribution in [0, 0.1) is 5.92 Å². The van der Waals surface area contributed by atoms with Crippen LogP contribution in [-0.2, 0) is 4.79 Å². The van der Waals surface area contributed by atoms with E-state index in [0.717, 1.165) is 19.3 Å². The van der Waals surface area contributed by atoms with Crippen LogP contribution in [0.2, 0.25) is 0 Å². The molecule has 2 N–H and O–H groups in total. The summed E-state index contributed by atoms with van der Waals surface area (Å²) < 4.78 is 0. The lowest BCUT2D eigenvalue weighted by molar-refractivity contribution is -0.119. The van der Waals surface area contributed by atoms with Gasteiger partial charge in [0.1, 0.15) is 5.38 Å². The van der Waals surface area contributed by atoms with Gasteiger partial charge in [0.05, 0.1) is 0 Å². The van der Waals surface area contributed by atoms with Crippen molar-refractivity contribution in [2.24, 2.45) is 5.92 Å². The molecule has 1 rings (SSSR count). The Balaban J connectivity index is 2.27. The van der Waals surface area contributed by atoms with Gasteiger partial charge in [0.15, 0.2) is 0 Å². The molecule has 1 aliphatic carbocycles. The predicted octanol–water partition coefficient (Wildman–Crippen LogP) is 1.63. The molecule has 3 unspecified atom stereocenters. The molecular weight excluding hydrogens is 216 g/mol. The fraction of sp³-hybridized carbons (Fsp3) is 0.800. The van der Waals surface area contributed by atoms with Gasteiger partial charge in [0.2, 0.25) is 5.91 Å². The first-order chi connectivity index (χ1) is 6.99. The minimum atomic E-state index is -0.682. The summed E-state index contributed by atoms with van der Waals surface area (Å²) in [5.74, 6) is 0.193. The number of nitrogens with one attached hydrogen (secondary N) is 2. The van der Waals surface area contributed by atoms with E-state index in [2.05, 4.69) is 17.6 Å². The average molecular weight is 233 g/mol. The van der Waals surface area contributed by atoms with Crippen LogP contribution in [0.1, 0.15) is 33.1 Å². The zero-order valence-electron chi connectivity index (χ0n) is 9.05. The number of halogens is 1. The van der Waals surface area contributed by atoms with Crippen molar-refractivity contribution < 1.29 is 9.59 Å². The van der Waals surface area contributed by atoms with Crippen LogP contribution >= 0.6 is 11.6 Å². The summed E-state index contributed by atoms with van der Waals surface area (Å²) >= 11 is 5.52. The lowest BCUT2D eigenvalue weighted by Gasteiger charge is -2.13. The smallest absolute Gasteiger partial charge is 0.321 e. The largest absolute Gasteiger partial charge is 0.335 e. The first-order valence-electron chi connectivity index (χ1n) is 5.24. The lowest BCUT2D eigenvalue weighted by Crippen LogP contribution is -2.45. The van der Waals surface area contributed by atoms with Crippen molar-refractivity contribution in [1.29, 1.82) is 0 Å². The Labute approximate surface area is 94.7 Å². The maximum Gasteiger partial charge on any atom is 0.321 e. The van der Waals surface area contributed by atoms with Crippen LogP contribution in [0.15, 0.2) is 0 Å². The van der Waals surface area contributed by atoms with Crippen molar-refractivity contribution in [2.75, 3.05) is 0 Å². The highest BCUT2D eigenvalue weighted by Crippen LogP contribution is 2.24. The molecule has 0 heterocycles. The molecule has 86 valence electrons. The van der Waals surface area contributed by atoms with E-state index in [1.165, 1.54) is 6.92 Å². The number of imide groups is 1. The second kappa shape index (κ2) is 5.35. The average Bonchev–Trinajstić information content (AvgIpc) is 2.50. The summed E-state index contributed by atoms with van der Waals surface area (Å²) in [5.41, 5.74) is 0. The molecule has 0 aromatic heterocycles. The molecule has 15 heavy (non-hydrogen) atoms. The number of carbonyl (C=O) groups excluding carboxylic acids is 2. The molecule has 0 spiro atoms. The fourth-order valence-corrected chi connectivity index (χ4v) is 1.83. The number of hydrogen-bond donors (Lipinski definition) is 2. The van der Waals surface area contributed by atoms with Gasteiger partial charge in [-0.3, -0.25) is 10.1 Å². The van der Waals surface area contributed by atoms with E-state index in [1.807, 2.05) is 0 Å². The monoisotopic (exact) mass is 232 g/mol. The van der Waals surface area contributed by atoms with E-state index in [9.17, 15) is 9.59 Å². The zero-order valence-corrected chi connectivity index (χ0v) is 9.80. The van der Waals surface area contributed by atoms with Crippen LogP contribution in [-0.4, -0.2) is 23.4 Å². The Bertz CT molecular complexity index is 256. The summed E-state index contributed by atoms with van der Waals surface area (Å²) in [4.78, 5) is 22.4. The van der Waals surface area contributed by atoms with Gasteiger partial charge in [-0.15, -0.1) is 11.6 Å².